The van der Waals surface area contributed by atoms with E-state index in [1.54, 1.807) is 29.7 Å². The highest BCUT2D eigenvalue weighted by Gasteiger charge is 2.36. The SMILES string of the molecule is CCOC(=O)C1=C(c2ccccc2)N=c2s/c(=C\c3ccc(N(C)C)o3)c(=O)n2[C@H]1c1ccc2c(c1)OCO2. The minimum atomic E-state index is -0.805. The number of carbonyl (C=O) groups excluding carboxylic acids is 1. The van der Waals surface area contributed by atoms with Crippen molar-refractivity contribution in [3.8, 4) is 11.5 Å². The minimum Gasteiger partial charge on any atom is -0.463 e. The molecule has 0 fully saturated rings. The van der Waals surface area contributed by atoms with Crippen LogP contribution < -0.4 is 29.3 Å². The summed E-state index contributed by atoms with van der Waals surface area (Å²) in [5.41, 5.74) is 1.85. The van der Waals surface area contributed by atoms with Gasteiger partial charge < -0.3 is 23.5 Å². The van der Waals surface area contributed by atoms with Crippen molar-refractivity contribution >= 4 is 35.0 Å². The molecule has 0 amide bonds. The molecule has 10 heteroatoms. The molecular weight excluding hydrogens is 518 g/mol. The fourth-order valence-electron chi connectivity index (χ4n) is 4.63. The molecule has 4 aromatic rings. The van der Waals surface area contributed by atoms with Crippen LogP contribution in [0.3, 0.4) is 0 Å². The first kappa shape index (κ1) is 24.7. The second kappa shape index (κ2) is 9.95. The van der Waals surface area contributed by atoms with Crippen LogP contribution in [0.4, 0.5) is 5.88 Å². The predicted molar refractivity (Wildman–Crippen MR) is 147 cm³/mol. The van der Waals surface area contributed by atoms with Gasteiger partial charge in [0, 0.05) is 31.8 Å². The van der Waals surface area contributed by atoms with E-state index in [9.17, 15) is 9.59 Å². The van der Waals surface area contributed by atoms with Gasteiger partial charge in [-0.3, -0.25) is 9.36 Å². The molecule has 6 rings (SSSR count). The van der Waals surface area contributed by atoms with E-state index < -0.39 is 12.0 Å². The number of ether oxygens (including phenoxy) is 3. The normalized spacial score (nSPS) is 16.2. The first-order valence-electron chi connectivity index (χ1n) is 12.4. The molecule has 39 heavy (non-hydrogen) atoms. The maximum Gasteiger partial charge on any atom is 0.338 e. The standard InChI is InChI=1S/C29H25N3O6S/c1-4-35-28(34)24-25(17-8-6-5-7-9-17)30-29-32(26(24)18-10-12-20-21(14-18)37-16-36-20)27(33)22(39-29)15-19-11-13-23(38-19)31(2)3/h5-15,26H,4,16H2,1-3H3/b22-15-/t26-/m0/s1. The maximum absolute atomic E-state index is 13.9. The van der Waals surface area contributed by atoms with E-state index >= 15 is 0 Å². The fourth-order valence-corrected chi connectivity index (χ4v) is 5.61. The van der Waals surface area contributed by atoms with Crippen LogP contribution in [0.5, 0.6) is 11.5 Å². The second-order valence-electron chi connectivity index (χ2n) is 9.11. The van der Waals surface area contributed by atoms with Gasteiger partial charge >= 0.3 is 5.97 Å². The number of thiazole rings is 1. The highest BCUT2D eigenvalue weighted by Crippen LogP contribution is 2.40. The van der Waals surface area contributed by atoms with Gasteiger partial charge in [-0.05, 0) is 30.7 Å². The van der Waals surface area contributed by atoms with Gasteiger partial charge in [0.1, 0.15) is 5.76 Å². The molecule has 2 aliphatic heterocycles. The molecule has 1 atom stereocenters. The zero-order valence-corrected chi connectivity index (χ0v) is 22.4. The van der Waals surface area contributed by atoms with Crippen LogP contribution in [0.1, 0.15) is 29.9 Å². The number of furan rings is 1. The molecule has 2 aromatic carbocycles. The third-order valence-corrected chi connectivity index (χ3v) is 7.40. The number of hydrogen-bond donors (Lipinski definition) is 0. The largest absolute Gasteiger partial charge is 0.463 e. The Morgan fingerprint density at radius 3 is 2.67 bits per heavy atom. The third-order valence-electron chi connectivity index (χ3n) is 6.41. The molecule has 0 radical (unpaired) electrons. The van der Waals surface area contributed by atoms with E-state index in [4.69, 9.17) is 23.6 Å². The molecule has 4 heterocycles. The number of benzene rings is 2. The summed E-state index contributed by atoms with van der Waals surface area (Å²) in [6.07, 6.45) is 1.70. The Labute approximate surface area is 227 Å². The molecule has 0 saturated carbocycles. The van der Waals surface area contributed by atoms with Crippen molar-refractivity contribution in [1.82, 2.24) is 4.57 Å². The molecular formula is C29H25N3O6S. The zero-order valence-electron chi connectivity index (χ0n) is 21.5. The van der Waals surface area contributed by atoms with Crippen LogP contribution in [-0.2, 0) is 9.53 Å². The van der Waals surface area contributed by atoms with Gasteiger partial charge in [-0.2, -0.15) is 0 Å². The minimum absolute atomic E-state index is 0.107. The van der Waals surface area contributed by atoms with E-state index in [2.05, 4.69) is 0 Å². The van der Waals surface area contributed by atoms with E-state index in [0.29, 0.717) is 43.7 Å². The topological polar surface area (TPSA) is 95.5 Å². The molecule has 2 aromatic heterocycles. The van der Waals surface area contributed by atoms with Crippen LogP contribution in [0.15, 0.2) is 80.4 Å². The highest BCUT2D eigenvalue weighted by molar-refractivity contribution is 7.07. The molecule has 9 nitrogen and oxygen atoms in total. The number of aromatic nitrogens is 1. The zero-order chi connectivity index (χ0) is 27.1. The molecule has 2 aliphatic rings. The van der Waals surface area contributed by atoms with Crippen LogP contribution in [0.2, 0.25) is 0 Å². The van der Waals surface area contributed by atoms with Crippen LogP contribution in [-0.4, -0.2) is 38.0 Å². The Morgan fingerprint density at radius 2 is 1.92 bits per heavy atom. The van der Waals surface area contributed by atoms with E-state index in [1.807, 2.05) is 67.5 Å². The molecule has 0 N–H and O–H groups in total. The van der Waals surface area contributed by atoms with Gasteiger partial charge in [0.2, 0.25) is 6.79 Å². The fraction of sp³-hybridized carbons (Fsp3) is 0.207. The van der Waals surface area contributed by atoms with Crippen LogP contribution >= 0.6 is 11.3 Å². The lowest BCUT2D eigenvalue weighted by atomic mass is 9.93. The van der Waals surface area contributed by atoms with Gasteiger partial charge in [0.05, 0.1) is 28.5 Å². The van der Waals surface area contributed by atoms with E-state index in [0.717, 1.165) is 5.56 Å². The lowest BCUT2D eigenvalue weighted by Crippen LogP contribution is -2.40. The summed E-state index contributed by atoms with van der Waals surface area (Å²) >= 11 is 1.24. The van der Waals surface area contributed by atoms with Crippen molar-refractivity contribution < 1.29 is 23.4 Å². The average molecular weight is 544 g/mol. The lowest BCUT2D eigenvalue weighted by molar-refractivity contribution is -0.138. The summed E-state index contributed by atoms with van der Waals surface area (Å²) in [6, 6.07) is 17.7. The average Bonchev–Trinajstić information content (AvgIpc) is 3.68. The van der Waals surface area contributed by atoms with Crippen molar-refractivity contribution in [2.24, 2.45) is 4.99 Å². The van der Waals surface area contributed by atoms with Crippen molar-refractivity contribution in [2.75, 3.05) is 32.4 Å². The van der Waals surface area contributed by atoms with Crippen LogP contribution in [0.25, 0.3) is 11.8 Å². The predicted octanol–water partition coefficient (Wildman–Crippen LogP) is 3.32. The van der Waals surface area contributed by atoms with Crippen molar-refractivity contribution in [3.05, 3.63) is 103 Å². The number of nitrogens with zero attached hydrogens (tertiary/aromatic N) is 3. The first-order chi connectivity index (χ1) is 18.9. The Bertz CT molecular complexity index is 1780. The van der Waals surface area contributed by atoms with E-state index in [1.165, 1.54) is 11.3 Å². The van der Waals surface area contributed by atoms with Gasteiger partial charge in [-0.25, -0.2) is 9.79 Å². The van der Waals surface area contributed by atoms with Crippen molar-refractivity contribution in [3.63, 3.8) is 0 Å². The second-order valence-corrected chi connectivity index (χ2v) is 10.1. The highest BCUT2D eigenvalue weighted by atomic mass is 32.1. The Morgan fingerprint density at radius 1 is 1.13 bits per heavy atom. The molecule has 0 bridgehead atoms. The van der Waals surface area contributed by atoms with Gasteiger partial charge in [-0.1, -0.05) is 47.7 Å². The molecule has 0 aliphatic carbocycles. The summed E-state index contributed by atoms with van der Waals surface area (Å²) in [7, 11) is 3.76. The number of anilines is 1. The monoisotopic (exact) mass is 543 g/mol. The number of carbonyl (C=O) groups is 1. The number of hydrogen-bond acceptors (Lipinski definition) is 9. The Hall–Kier alpha value is -4.57. The van der Waals surface area contributed by atoms with Gasteiger partial charge in [0.25, 0.3) is 5.56 Å². The van der Waals surface area contributed by atoms with E-state index in [-0.39, 0.29) is 24.5 Å². The maximum atomic E-state index is 13.9. The van der Waals surface area contributed by atoms with Gasteiger partial charge in [0.15, 0.2) is 22.2 Å². The quantitative estimate of drug-likeness (QED) is 0.344. The molecule has 0 saturated heterocycles. The van der Waals surface area contributed by atoms with Crippen molar-refractivity contribution in [1.29, 1.82) is 0 Å². The van der Waals surface area contributed by atoms with Gasteiger partial charge in [-0.15, -0.1) is 0 Å². The first-order valence-corrected chi connectivity index (χ1v) is 13.2. The van der Waals surface area contributed by atoms with Crippen molar-refractivity contribution in [2.45, 2.75) is 13.0 Å². The molecule has 0 unspecified atom stereocenters. The Kier molecular flexibility index (Phi) is 6.32. The summed E-state index contributed by atoms with van der Waals surface area (Å²) in [6.45, 7) is 2.03. The number of esters is 1. The number of rotatable bonds is 6. The number of fused-ring (bicyclic) bond motifs is 2. The summed E-state index contributed by atoms with van der Waals surface area (Å²) in [4.78, 5) is 34.6. The molecule has 0 spiro atoms. The summed E-state index contributed by atoms with van der Waals surface area (Å²) in [5, 5.41) is 0. The molecule has 198 valence electrons. The summed E-state index contributed by atoms with van der Waals surface area (Å²) in [5.74, 6) is 1.81. The lowest BCUT2D eigenvalue weighted by Gasteiger charge is -2.26. The summed E-state index contributed by atoms with van der Waals surface area (Å²) < 4.78 is 24.5. The third kappa shape index (κ3) is 4.42. The smallest absolute Gasteiger partial charge is 0.338 e. The Balaban J connectivity index is 1.62. The van der Waals surface area contributed by atoms with Crippen LogP contribution in [0, 0.1) is 0 Å².